The van der Waals surface area contributed by atoms with Gasteiger partial charge in [0.1, 0.15) is 0 Å². The molecule has 1 aromatic carbocycles. The third-order valence-electron chi connectivity index (χ3n) is 0.556. The molecule has 0 aliphatic rings. The number of rotatable bonds is 0. The molecule has 3 heteroatoms. The van der Waals surface area contributed by atoms with Gasteiger partial charge < -0.3 is 10.2 Å². The molecule has 0 fully saturated rings. The van der Waals surface area contributed by atoms with Crippen molar-refractivity contribution in [1.82, 2.24) is 0 Å². The minimum absolute atomic E-state index is 0. The Kier molecular flexibility index (Phi) is 33.2. The summed E-state index contributed by atoms with van der Waals surface area (Å²) in [7, 11) is 0. The van der Waals surface area contributed by atoms with E-state index >= 15 is 0 Å². The summed E-state index contributed by atoms with van der Waals surface area (Å²) in [4.78, 5) is 0. The van der Waals surface area contributed by atoms with Crippen LogP contribution >= 0.6 is 0 Å². The molecule has 0 aliphatic carbocycles. The summed E-state index contributed by atoms with van der Waals surface area (Å²) in [5, 5.41) is 17.9. The summed E-state index contributed by atoms with van der Waals surface area (Å²) >= 11 is 0. The normalized spacial score (nSPS) is 6.33. The summed E-state index contributed by atoms with van der Waals surface area (Å²) in [5.41, 5.74) is 0. The van der Waals surface area contributed by atoms with Crippen molar-refractivity contribution in [1.29, 1.82) is 0 Å². The zero-order valence-electron chi connectivity index (χ0n) is 7.53. The molecule has 0 heterocycles. The second-order valence-electron chi connectivity index (χ2n) is 1.54. The molecule has 0 bridgehead atoms. The van der Waals surface area contributed by atoms with Crippen LogP contribution in [-0.2, 0) is 17.4 Å². The molecule has 1 rings (SSSR count). The minimum Gasteiger partial charge on any atom is -0.855 e. The van der Waals surface area contributed by atoms with Crippen LogP contribution in [0.3, 0.4) is 0 Å². The van der Waals surface area contributed by atoms with Gasteiger partial charge in [-0.2, -0.15) is 18.2 Å². The summed E-state index contributed by atoms with van der Waals surface area (Å²) < 4.78 is 0. The van der Waals surface area contributed by atoms with Gasteiger partial charge in [0.25, 0.3) is 0 Å². The molecule has 1 radical (unpaired) electrons. The standard InChI is InChI=1S/C5H5.2C2H5O.Cr/c1-2-4-5-3-1;2*1-2-3;/h1-5H;2*2H2,1H3;/q3*-1;+3. The summed E-state index contributed by atoms with van der Waals surface area (Å²) in [5.74, 6) is 0. The first-order valence-corrected chi connectivity index (χ1v) is 3.66. The van der Waals surface area contributed by atoms with Crippen LogP contribution in [0.1, 0.15) is 13.8 Å². The van der Waals surface area contributed by atoms with Crippen molar-refractivity contribution in [2.24, 2.45) is 0 Å². The first-order chi connectivity index (χ1) is 5.33. The zero-order chi connectivity index (χ0) is 8.95. The fraction of sp³-hybridized carbons (Fsp3) is 0.444. The maximum Gasteiger partial charge on any atom is 3.00 e. The third kappa shape index (κ3) is 32.9. The van der Waals surface area contributed by atoms with E-state index in [9.17, 15) is 0 Å². The maximum atomic E-state index is 8.93. The van der Waals surface area contributed by atoms with Crippen LogP contribution in [0, 0.1) is 0 Å². The zero-order valence-corrected chi connectivity index (χ0v) is 8.80. The van der Waals surface area contributed by atoms with Gasteiger partial charge >= 0.3 is 17.4 Å². The largest absolute Gasteiger partial charge is 3.00 e. The van der Waals surface area contributed by atoms with E-state index in [1.165, 1.54) is 0 Å². The molecule has 2 nitrogen and oxygen atoms in total. The molecule has 0 aromatic heterocycles. The summed E-state index contributed by atoms with van der Waals surface area (Å²) in [6, 6.07) is 10.0. The molecule has 0 atom stereocenters. The van der Waals surface area contributed by atoms with Crippen LogP contribution < -0.4 is 10.2 Å². The fourth-order valence-corrected chi connectivity index (χ4v) is 0.321. The molecule has 0 N–H and O–H groups in total. The second-order valence-corrected chi connectivity index (χ2v) is 1.54. The Balaban J connectivity index is -0.000000104. The summed E-state index contributed by atoms with van der Waals surface area (Å²) in [6.45, 7) is 3.14. The molecular weight excluding hydrogens is 192 g/mol. The first kappa shape index (κ1) is 17.8. The van der Waals surface area contributed by atoms with E-state index in [-0.39, 0.29) is 30.6 Å². The Bertz CT molecular complexity index is 88.1. The van der Waals surface area contributed by atoms with Gasteiger partial charge in [0.2, 0.25) is 0 Å². The van der Waals surface area contributed by atoms with E-state index in [0.29, 0.717) is 0 Å². The third-order valence-corrected chi connectivity index (χ3v) is 0.556. The molecule has 0 spiro atoms. The van der Waals surface area contributed by atoms with Gasteiger partial charge in [-0.05, 0) is 0 Å². The molecule has 0 saturated heterocycles. The van der Waals surface area contributed by atoms with Crippen molar-refractivity contribution >= 4 is 0 Å². The summed E-state index contributed by atoms with van der Waals surface area (Å²) in [6.07, 6.45) is 0. The van der Waals surface area contributed by atoms with Crippen LogP contribution in [-0.4, -0.2) is 13.2 Å². The predicted octanol–water partition coefficient (Wildman–Crippen LogP) is 0.136. The van der Waals surface area contributed by atoms with Crippen LogP contribution in [0.5, 0.6) is 0 Å². The maximum absolute atomic E-state index is 8.93. The molecular formula is C9H15CrO2. The molecule has 0 unspecified atom stereocenters. The Hall–Kier alpha value is -0.198. The Morgan fingerprint density at radius 1 is 1.00 bits per heavy atom. The SMILES string of the molecule is CC[O-].CC[O-].[Cr+3].c1cc[cH-]c1. The van der Waals surface area contributed by atoms with Crippen LogP contribution in [0.15, 0.2) is 30.3 Å². The second kappa shape index (κ2) is 22.4. The van der Waals surface area contributed by atoms with E-state index in [1.54, 1.807) is 13.8 Å². The fourth-order valence-electron chi connectivity index (χ4n) is 0.321. The monoisotopic (exact) mass is 207 g/mol. The van der Waals surface area contributed by atoms with Gasteiger partial charge in [-0.1, -0.05) is 13.8 Å². The van der Waals surface area contributed by atoms with Crippen molar-refractivity contribution in [2.45, 2.75) is 13.8 Å². The first-order valence-electron chi connectivity index (χ1n) is 3.66. The van der Waals surface area contributed by atoms with E-state index in [2.05, 4.69) is 0 Å². The Morgan fingerprint density at radius 2 is 1.25 bits per heavy atom. The van der Waals surface area contributed by atoms with Crippen molar-refractivity contribution in [2.75, 3.05) is 13.2 Å². The minimum atomic E-state index is 0. The van der Waals surface area contributed by atoms with Crippen LogP contribution in [0.4, 0.5) is 0 Å². The van der Waals surface area contributed by atoms with Crippen molar-refractivity contribution < 1.29 is 27.6 Å². The number of hydrogen-bond acceptors (Lipinski definition) is 2. The van der Waals surface area contributed by atoms with E-state index < -0.39 is 0 Å². The van der Waals surface area contributed by atoms with Gasteiger partial charge in [0, 0.05) is 0 Å². The van der Waals surface area contributed by atoms with Crippen LogP contribution in [0.2, 0.25) is 0 Å². The Morgan fingerprint density at radius 3 is 1.33 bits per heavy atom. The topological polar surface area (TPSA) is 46.1 Å². The van der Waals surface area contributed by atoms with Crippen LogP contribution in [0.25, 0.3) is 0 Å². The average molecular weight is 207 g/mol. The molecule has 0 aliphatic heterocycles. The van der Waals surface area contributed by atoms with Gasteiger partial charge in [-0.25, -0.2) is 12.1 Å². The number of hydrogen-bond donors (Lipinski definition) is 0. The van der Waals surface area contributed by atoms with Gasteiger partial charge in [0.15, 0.2) is 0 Å². The quantitative estimate of drug-likeness (QED) is 0.568. The van der Waals surface area contributed by atoms with E-state index in [1.807, 2.05) is 30.3 Å². The van der Waals surface area contributed by atoms with Crippen molar-refractivity contribution in [3.8, 4) is 0 Å². The van der Waals surface area contributed by atoms with Gasteiger partial charge in [-0.15, -0.1) is 13.2 Å². The van der Waals surface area contributed by atoms with Crippen molar-refractivity contribution in [3.63, 3.8) is 0 Å². The smallest absolute Gasteiger partial charge is 0.855 e. The van der Waals surface area contributed by atoms with Gasteiger partial charge in [0.05, 0.1) is 0 Å². The van der Waals surface area contributed by atoms with E-state index in [0.717, 1.165) is 0 Å². The molecule has 0 saturated carbocycles. The van der Waals surface area contributed by atoms with Gasteiger partial charge in [-0.3, -0.25) is 0 Å². The molecule has 69 valence electrons. The average Bonchev–Trinajstić information content (AvgIpc) is 2.44. The van der Waals surface area contributed by atoms with E-state index in [4.69, 9.17) is 10.2 Å². The van der Waals surface area contributed by atoms with Crippen molar-refractivity contribution in [3.05, 3.63) is 30.3 Å². The predicted molar refractivity (Wildman–Crippen MR) is 43.1 cm³/mol. The molecule has 0 amide bonds. The molecule has 1 aromatic rings. The Labute approximate surface area is 85.4 Å². The molecule has 12 heavy (non-hydrogen) atoms.